The number of hydrogen-bond donors (Lipinski definition) is 14. The molecule has 3 aliphatic rings. The molecule has 4 bridgehead atoms. The van der Waals surface area contributed by atoms with Crippen LogP contribution in [0.25, 0.3) is 10.9 Å². The first-order valence-electron chi connectivity index (χ1n) is 34.9. The molecule has 12 rings (SSSR count). The highest BCUT2D eigenvalue weighted by atomic mass is 127. The van der Waals surface area contributed by atoms with Gasteiger partial charge in [-0.3, -0.25) is 38.4 Å². The van der Waals surface area contributed by atoms with E-state index in [0.717, 1.165) is 31.4 Å². The van der Waals surface area contributed by atoms with Crippen molar-refractivity contribution in [2.24, 2.45) is 0 Å². The molecule has 1 aromatic heterocycles. The van der Waals surface area contributed by atoms with Crippen molar-refractivity contribution in [3.63, 3.8) is 0 Å². The molecule has 26 nitrogen and oxygen atoms in total. The number of amides is 7. The van der Waals surface area contributed by atoms with Crippen molar-refractivity contribution in [3.05, 3.63) is 233 Å². The van der Waals surface area contributed by atoms with Crippen LogP contribution in [0.1, 0.15) is 100 Å². The summed E-state index contributed by atoms with van der Waals surface area (Å²) in [6.45, 7) is 7.60. The standard InChI is InChI=1S/C79H71BCl6I2N8O18/c1-78(2)79(3,4)114-80(113-78)45-13-16-47-44(34-89-56(47)33-45)32-60(93-76(110)66(100)43-29-52(85)69(103)53(86)30-43)72(106)91-59(25-39-19-48(81)67(101)49(82)20-39)70(104)90-58(24-38-12-17-62(98)54(87)21-38)73(107)95-63-40-26-42(65(99)55(88)31-40)18-35-6-8-36(9-7-35)22-57(71(105)94-61(77(111)112-5)23-37-10-14-46(97)15-11-37)92-74(108)64(96-75(63)109)41-27-50(83)68(102)51(84)28-41/h6-17,19-21,26-31,33-34,57-61,63-64,89,97-99,101-103H,18,22-25,32H2,1-5H3,(H,90,104)(H,91,106)(H,92,108)(H,93,110)(H,94,105)(H,95,107)(H,96,109)/t57-,58+,59+,60+,61+,63+,64+/m0/s1. The lowest BCUT2D eigenvalue weighted by atomic mass is 9.78. The minimum atomic E-state index is -1.95. The average molecular weight is 1900 g/mol. The molecule has 0 saturated carbocycles. The highest BCUT2D eigenvalue weighted by Crippen LogP contribution is 2.40. The Kier molecular flexibility index (Phi) is 26.9. The van der Waals surface area contributed by atoms with Crippen molar-refractivity contribution in [1.82, 2.24) is 42.2 Å². The van der Waals surface area contributed by atoms with E-state index < -0.39 is 160 Å². The molecule has 1 saturated heterocycles. The third-order valence-corrected chi connectivity index (χ3v) is 23.1. The number of ketones is 1. The van der Waals surface area contributed by atoms with Crippen LogP contribution in [-0.4, -0.2) is 144 Å². The van der Waals surface area contributed by atoms with Crippen LogP contribution in [0, 0.1) is 7.14 Å². The molecule has 0 unspecified atom stereocenters. The number of aromatic amines is 1. The van der Waals surface area contributed by atoms with Gasteiger partial charge in [0.25, 0.3) is 5.91 Å². The van der Waals surface area contributed by atoms with Gasteiger partial charge >= 0.3 is 13.1 Å². The topological polar surface area (TPSA) is 403 Å². The summed E-state index contributed by atoms with van der Waals surface area (Å²) in [6, 6.07) is 19.3. The molecule has 7 atom stereocenters. The van der Waals surface area contributed by atoms with Gasteiger partial charge in [0.2, 0.25) is 41.2 Å². The maximum atomic E-state index is 15.9. The molecule has 9 aromatic rings. The van der Waals surface area contributed by atoms with Crippen LogP contribution in [0.2, 0.25) is 30.1 Å². The summed E-state index contributed by atoms with van der Waals surface area (Å²) in [5.74, 6) is -12.3. The molecular formula is C79H71BCl6I2N8O18. The number of benzene rings is 8. The molecule has 0 radical (unpaired) electrons. The maximum Gasteiger partial charge on any atom is 0.494 e. The van der Waals surface area contributed by atoms with E-state index in [2.05, 4.69) is 42.2 Å². The van der Waals surface area contributed by atoms with Gasteiger partial charge in [-0.15, -0.1) is 0 Å². The number of H-pyrrole nitrogens is 1. The van der Waals surface area contributed by atoms with Crippen LogP contribution >= 0.6 is 115 Å². The van der Waals surface area contributed by atoms with Crippen LogP contribution in [0.4, 0.5) is 0 Å². The number of esters is 1. The van der Waals surface area contributed by atoms with Gasteiger partial charge in [-0.25, -0.2) is 4.79 Å². The van der Waals surface area contributed by atoms with E-state index >= 15 is 24.0 Å². The van der Waals surface area contributed by atoms with Gasteiger partial charge in [0, 0.05) is 61.2 Å². The highest BCUT2D eigenvalue weighted by molar-refractivity contribution is 14.1. The molecular weight excluding hydrogens is 1830 g/mol. The van der Waals surface area contributed by atoms with E-state index in [9.17, 15) is 49.8 Å². The number of Topliss-reactive ketones (excluding diaryl/α,β-unsaturated/α-hetero) is 1. The zero-order valence-electron chi connectivity index (χ0n) is 60.7. The van der Waals surface area contributed by atoms with Gasteiger partial charge in [0.05, 0.1) is 55.6 Å². The molecule has 1 fully saturated rings. The third-order valence-electron chi connectivity index (χ3n) is 19.7. The minimum absolute atomic E-state index is 0.0119. The number of halogens is 8. The minimum Gasteiger partial charge on any atom is -0.508 e. The highest BCUT2D eigenvalue weighted by Gasteiger charge is 2.52. The number of nitrogens with one attached hydrogen (secondary N) is 8. The monoisotopic (exact) mass is 1890 g/mol. The summed E-state index contributed by atoms with van der Waals surface area (Å²) in [4.78, 5) is 138. The Morgan fingerprint density at radius 3 is 1.69 bits per heavy atom. The largest absolute Gasteiger partial charge is 0.508 e. The Morgan fingerprint density at radius 1 is 0.553 bits per heavy atom. The van der Waals surface area contributed by atoms with Crippen LogP contribution in [0.5, 0.6) is 34.5 Å². The van der Waals surface area contributed by atoms with Crippen LogP contribution in [0.3, 0.4) is 0 Å². The summed E-state index contributed by atoms with van der Waals surface area (Å²) in [7, 11) is 0.330. The summed E-state index contributed by atoms with van der Waals surface area (Å²) >= 11 is 42.1. The van der Waals surface area contributed by atoms with E-state index in [1.54, 1.807) is 48.7 Å². The molecule has 14 N–H and O–H groups in total. The SMILES string of the molecule is COC(=O)[C@@H](Cc1ccc(O)cc1)NC(=O)[C@@H]1Cc2ccc(cc2)Cc2cc(cc(I)c2O)[C@@H](NC(=O)[C@@H](Cc2ccc(O)c(I)c2)NC(=O)[C@@H](Cc2cc(Cl)c(O)c(Cl)c2)NC(=O)[C@@H](Cc2c[nH]c3cc(B4OC(C)(C)C(C)(C)O4)ccc23)NC(=O)C(=O)c2cc(Cl)c(O)c(Cl)c2)C(=O)N[C@H](c2cc(Cl)c(O)c(Cl)c2)C(=O)N1. The van der Waals surface area contributed by atoms with Crippen LogP contribution in [-0.2, 0) is 90.9 Å². The van der Waals surface area contributed by atoms with Crippen LogP contribution in [0.15, 0.2) is 140 Å². The Labute approximate surface area is 709 Å². The Hall–Kier alpha value is -9.29. The molecule has 35 heteroatoms. The lowest BCUT2D eigenvalue weighted by Crippen LogP contribution is -2.59. The first kappa shape index (κ1) is 85.6. The lowest BCUT2D eigenvalue weighted by molar-refractivity contribution is -0.145. The normalized spacial score (nSPS) is 17.0. The average Bonchev–Trinajstić information content (AvgIpc) is 1.59. The van der Waals surface area contributed by atoms with E-state index in [1.165, 1.54) is 66.7 Å². The number of methoxy groups -OCH3 is 1. The number of rotatable bonds is 22. The predicted octanol–water partition coefficient (Wildman–Crippen LogP) is 10.4. The molecule has 8 aromatic carbocycles. The summed E-state index contributed by atoms with van der Waals surface area (Å²) in [5, 5.41) is 81.6. The van der Waals surface area contributed by atoms with Gasteiger partial charge in [-0.2, -0.15) is 0 Å². The fourth-order valence-electron chi connectivity index (χ4n) is 12.8. The second-order valence-electron chi connectivity index (χ2n) is 28.2. The first-order valence-corrected chi connectivity index (χ1v) is 39.3. The van der Waals surface area contributed by atoms with E-state index in [1.807, 2.05) is 72.9 Å². The zero-order valence-corrected chi connectivity index (χ0v) is 69.6. The number of hydrogen-bond acceptors (Lipinski definition) is 18. The summed E-state index contributed by atoms with van der Waals surface area (Å²) in [5.41, 5.74) is 1.79. The molecule has 7 amide bonds. The Bertz CT molecular complexity index is 5250. The smallest absolute Gasteiger partial charge is 0.494 e. The predicted molar refractivity (Wildman–Crippen MR) is 444 cm³/mol. The first-order chi connectivity index (χ1) is 53.8. The summed E-state index contributed by atoms with van der Waals surface area (Å²) in [6.07, 6.45) is -0.241. The zero-order chi connectivity index (χ0) is 82.7. The van der Waals surface area contributed by atoms with Crippen molar-refractivity contribution in [1.29, 1.82) is 0 Å². The van der Waals surface area contributed by atoms with Gasteiger partial charge in [0.15, 0.2) is 17.2 Å². The number of phenolic OH excluding ortho intramolecular Hbond substituents is 6. The fraction of sp³-hybridized carbons (Fsp3) is 0.253. The number of carbonyl (C=O) groups excluding carboxylic acids is 9. The number of phenols is 6. The lowest BCUT2D eigenvalue weighted by Gasteiger charge is -2.32. The number of fused-ring (bicyclic) bond motifs is 10. The van der Waals surface area contributed by atoms with Gasteiger partial charge < -0.3 is 86.9 Å². The van der Waals surface area contributed by atoms with Crippen molar-refractivity contribution < 1.29 is 87.8 Å². The quantitative estimate of drug-likeness (QED) is 0.00985. The molecule has 3 aliphatic heterocycles. The molecule has 114 heavy (non-hydrogen) atoms. The Balaban J connectivity index is 0.975. The van der Waals surface area contributed by atoms with Crippen molar-refractivity contribution in [2.75, 3.05) is 7.11 Å². The number of carbonyl (C=O) groups is 9. The molecule has 4 heterocycles. The number of ether oxygens (including phenoxy) is 1. The molecule has 594 valence electrons. The summed E-state index contributed by atoms with van der Waals surface area (Å²) < 4.78 is 18.2. The molecule has 0 spiro atoms. The van der Waals surface area contributed by atoms with E-state index in [0.29, 0.717) is 47.8 Å². The number of aromatic nitrogens is 1. The van der Waals surface area contributed by atoms with Gasteiger partial charge in [0.1, 0.15) is 59.5 Å². The Morgan fingerprint density at radius 2 is 1.10 bits per heavy atom. The van der Waals surface area contributed by atoms with Crippen molar-refractivity contribution in [3.8, 4) is 34.5 Å². The van der Waals surface area contributed by atoms with Crippen molar-refractivity contribution in [2.45, 2.75) is 120 Å². The van der Waals surface area contributed by atoms with Gasteiger partial charge in [-0.1, -0.05) is 124 Å². The van der Waals surface area contributed by atoms with Crippen molar-refractivity contribution >= 4 is 191 Å². The van der Waals surface area contributed by atoms with Crippen LogP contribution < -0.4 is 42.7 Å². The van der Waals surface area contributed by atoms with E-state index in [-0.39, 0.29) is 88.0 Å². The second kappa shape index (κ2) is 35.8. The van der Waals surface area contributed by atoms with Gasteiger partial charge in [-0.05, 0) is 207 Å². The fourth-order valence-corrected chi connectivity index (χ4v) is 15.6. The third kappa shape index (κ3) is 20.0. The second-order valence-corrected chi connectivity index (χ2v) is 33.0. The van der Waals surface area contributed by atoms with E-state index in [4.69, 9.17) is 83.7 Å². The maximum absolute atomic E-state index is 15.9. The molecule has 0 aliphatic carbocycles. The number of aromatic hydroxyl groups is 6.